The quantitative estimate of drug-likeness (QED) is 0.647. The average molecular weight is 214 g/mol. The zero-order chi connectivity index (χ0) is 10.9. The van der Waals surface area contributed by atoms with Crippen molar-refractivity contribution in [2.45, 2.75) is 25.7 Å². The fourth-order valence-electron chi connectivity index (χ4n) is 1.93. The van der Waals surface area contributed by atoms with Crippen LogP contribution >= 0.6 is 0 Å². The van der Waals surface area contributed by atoms with Gasteiger partial charge in [-0.15, -0.1) is 0 Å². The molecule has 0 aromatic rings. The van der Waals surface area contributed by atoms with Crippen molar-refractivity contribution < 1.29 is 4.74 Å². The molecular formula is C12H26N2O. The third-order valence-corrected chi connectivity index (χ3v) is 2.98. The van der Waals surface area contributed by atoms with E-state index >= 15 is 0 Å². The smallest absolute Gasteiger partial charge is 0.0469 e. The largest absolute Gasteiger partial charge is 0.381 e. The Bertz CT molecular complexity index is 145. The van der Waals surface area contributed by atoms with Gasteiger partial charge in [0.05, 0.1) is 0 Å². The van der Waals surface area contributed by atoms with E-state index in [9.17, 15) is 0 Å². The molecule has 0 aromatic carbocycles. The Labute approximate surface area is 94.2 Å². The molecule has 1 rings (SSSR count). The summed E-state index contributed by atoms with van der Waals surface area (Å²) in [5.41, 5.74) is 0. The molecule has 1 saturated heterocycles. The molecule has 1 aliphatic rings. The van der Waals surface area contributed by atoms with Gasteiger partial charge in [0.15, 0.2) is 0 Å². The number of hydrogen-bond acceptors (Lipinski definition) is 3. The minimum absolute atomic E-state index is 0.854. The SMILES string of the molecule is CN(C)CCCCNCC1CCOCC1. The standard InChI is InChI=1S/C12H26N2O/c1-14(2)8-4-3-7-13-11-12-5-9-15-10-6-12/h12-13H,3-11H2,1-2H3. The van der Waals surface area contributed by atoms with Crippen LogP contribution in [0.3, 0.4) is 0 Å². The Morgan fingerprint density at radius 2 is 1.93 bits per heavy atom. The number of nitrogens with zero attached hydrogens (tertiary/aromatic N) is 1. The molecule has 0 amide bonds. The Morgan fingerprint density at radius 3 is 2.60 bits per heavy atom. The van der Waals surface area contributed by atoms with E-state index in [1.165, 1.54) is 45.3 Å². The number of rotatable bonds is 7. The normalized spacial score (nSPS) is 18.6. The summed E-state index contributed by atoms with van der Waals surface area (Å²) < 4.78 is 5.34. The third-order valence-electron chi connectivity index (χ3n) is 2.98. The van der Waals surface area contributed by atoms with Crippen LogP contribution in [0.5, 0.6) is 0 Å². The van der Waals surface area contributed by atoms with Crippen molar-refractivity contribution >= 4 is 0 Å². The summed E-state index contributed by atoms with van der Waals surface area (Å²) in [4.78, 5) is 2.25. The lowest BCUT2D eigenvalue weighted by atomic mass is 10.0. The van der Waals surface area contributed by atoms with Crippen molar-refractivity contribution in [1.29, 1.82) is 0 Å². The van der Waals surface area contributed by atoms with Crippen molar-refractivity contribution in [1.82, 2.24) is 10.2 Å². The number of unbranched alkanes of at least 4 members (excludes halogenated alkanes) is 1. The zero-order valence-electron chi connectivity index (χ0n) is 10.3. The first-order valence-corrected chi connectivity index (χ1v) is 6.22. The van der Waals surface area contributed by atoms with Gasteiger partial charge in [-0.3, -0.25) is 0 Å². The first-order chi connectivity index (χ1) is 7.29. The van der Waals surface area contributed by atoms with E-state index in [-0.39, 0.29) is 0 Å². The number of nitrogens with one attached hydrogen (secondary N) is 1. The first-order valence-electron chi connectivity index (χ1n) is 6.22. The minimum atomic E-state index is 0.854. The number of hydrogen-bond donors (Lipinski definition) is 1. The van der Waals surface area contributed by atoms with Crippen LogP contribution in [0.25, 0.3) is 0 Å². The zero-order valence-corrected chi connectivity index (χ0v) is 10.3. The van der Waals surface area contributed by atoms with Crippen molar-refractivity contribution in [3.8, 4) is 0 Å². The van der Waals surface area contributed by atoms with Crippen LogP contribution < -0.4 is 5.32 Å². The van der Waals surface area contributed by atoms with Gasteiger partial charge in [0.2, 0.25) is 0 Å². The van der Waals surface area contributed by atoms with Gasteiger partial charge in [-0.25, -0.2) is 0 Å². The van der Waals surface area contributed by atoms with Gasteiger partial charge in [-0.1, -0.05) is 0 Å². The van der Waals surface area contributed by atoms with E-state index in [0.29, 0.717) is 0 Å². The van der Waals surface area contributed by atoms with Crippen molar-refractivity contribution in [2.24, 2.45) is 5.92 Å². The molecule has 1 fully saturated rings. The fraction of sp³-hybridized carbons (Fsp3) is 1.00. The molecule has 0 aromatic heterocycles. The van der Waals surface area contributed by atoms with Crippen LogP contribution in [0.2, 0.25) is 0 Å². The maximum atomic E-state index is 5.34. The predicted octanol–water partition coefficient (Wildman–Crippen LogP) is 1.34. The minimum Gasteiger partial charge on any atom is -0.381 e. The lowest BCUT2D eigenvalue weighted by Gasteiger charge is -2.22. The molecule has 90 valence electrons. The van der Waals surface area contributed by atoms with Crippen molar-refractivity contribution in [2.75, 3.05) is 46.9 Å². The van der Waals surface area contributed by atoms with Crippen molar-refractivity contribution in [3.05, 3.63) is 0 Å². The Kier molecular flexibility index (Phi) is 6.98. The maximum Gasteiger partial charge on any atom is 0.0469 e. The van der Waals surface area contributed by atoms with E-state index in [0.717, 1.165) is 19.1 Å². The van der Waals surface area contributed by atoms with E-state index in [2.05, 4.69) is 24.3 Å². The molecule has 3 heteroatoms. The average Bonchev–Trinajstić information content (AvgIpc) is 2.24. The second-order valence-electron chi connectivity index (χ2n) is 4.77. The van der Waals surface area contributed by atoms with Crippen LogP contribution in [0.1, 0.15) is 25.7 Å². The first kappa shape index (κ1) is 12.9. The van der Waals surface area contributed by atoms with Gasteiger partial charge >= 0.3 is 0 Å². The topological polar surface area (TPSA) is 24.5 Å². The summed E-state index contributed by atoms with van der Waals surface area (Å²) in [5, 5.41) is 3.55. The third kappa shape index (κ3) is 6.88. The highest BCUT2D eigenvalue weighted by atomic mass is 16.5. The highest BCUT2D eigenvalue weighted by molar-refractivity contribution is 4.65. The van der Waals surface area contributed by atoms with Gasteiger partial charge in [0, 0.05) is 13.2 Å². The summed E-state index contributed by atoms with van der Waals surface area (Å²) in [6.07, 6.45) is 5.07. The molecule has 1 aliphatic heterocycles. The van der Waals surface area contributed by atoms with Gasteiger partial charge in [0.25, 0.3) is 0 Å². The Morgan fingerprint density at radius 1 is 1.20 bits per heavy atom. The van der Waals surface area contributed by atoms with Crippen LogP contribution in [0.4, 0.5) is 0 Å². The molecule has 1 heterocycles. The van der Waals surface area contributed by atoms with Crippen LogP contribution in [-0.4, -0.2) is 51.8 Å². The highest BCUT2D eigenvalue weighted by Gasteiger charge is 2.12. The molecule has 0 radical (unpaired) electrons. The molecular weight excluding hydrogens is 188 g/mol. The molecule has 3 nitrogen and oxygen atoms in total. The molecule has 1 N–H and O–H groups in total. The summed E-state index contributed by atoms with van der Waals surface area (Å²) in [6.45, 7) is 5.50. The predicted molar refractivity (Wildman–Crippen MR) is 64.2 cm³/mol. The number of ether oxygens (including phenoxy) is 1. The van der Waals surface area contributed by atoms with Gasteiger partial charge in [0.1, 0.15) is 0 Å². The van der Waals surface area contributed by atoms with Crippen molar-refractivity contribution in [3.63, 3.8) is 0 Å². The maximum absolute atomic E-state index is 5.34. The van der Waals surface area contributed by atoms with Crippen LogP contribution in [0.15, 0.2) is 0 Å². The summed E-state index contributed by atoms with van der Waals surface area (Å²) >= 11 is 0. The molecule has 0 bridgehead atoms. The molecule has 0 spiro atoms. The Hall–Kier alpha value is -0.120. The molecule has 0 saturated carbocycles. The molecule has 0 aliphatic carbocycles. The lowest BCUT2D eigenvalue weighted by molar-refractivity contribution is 0.0663. The summed E-state index contributed by atoms with van der Waals surface area (Å²) in [7, 11) is 4.27. The highest BCUT2D eigenvalue weighted by Crippen LogP contribution is 2.12. The molecule has 15 heavy (non-hydrogen) atoms. The fourth-order valence-corrected chi connectivity index (χ4v) is 1.93. The van der Waals surface area contributed by atoms with E-state index < -0.39 is 0 Å². The monoisotopic (exact) mass is 214 g/mol. The van der Waals surface area contributed by atoms with Gasteiger partial charge in [-0.05, 0) is 65.3 Å². The van der Waals surface area contributed by atoms with E-state index in [1.807, 2.05) is 0 Å². The Balaban J connectivity index is 1.83. The second-order valence-corrected chi connectivity index (χ2v) is 4.77. The van der Waals surface area contributed by atoms with Gasteiger partial charge in [-0.2, -0.15) is 0 Å². The second kappa shape index (κ2) is 8.08. The molecule has 0 atom stereocenters. The van der Waals surface area contributed by atoms with Crippen LogP contribution in [0, 0.1) is 5.92 Å². The summed E-state index contributed by atoms with van der Waals surface area (Å²) in [6, 6.07) is 0. The van der Waals surface area contributed by atoms with Gasteiger partial charge < -0.3 is 15.0 Å². The lowest BCUT2D eigenvalue weighted by Crippen LogP contribution is -2.28. The van der Waals surface area contributed by atoms with E-state index in [1.54, 1.807) is 0 Å². The summed E-state index contributed by atoms with van der Waals surface area (Å²) in [5.74, 6) is 0.854. The van der Waals surface area contributed by atoms with E-state index in [4.69, 9.17) is 4.74 Å². The van der Waals surface area contributed by atoms with Crippen LogP contribution in [-0.2, 0) is 4.74 Å². The molecule has 0 unspecified atom stereocenters.